The third-order valence-corrected chi connectivity index (χ3v) is 6.09. The van der Waals surface area contributed by atoms with E-state index in [2.05, 4.69) is 0 Å². The predicted octanol–water partition coefficient (Wildman–Crippen LogP) is 4.51. The van der Waals surface area contributed by atoms with Crippen molar-refractivity contribution in [1.82, 2.24) is 9.55 Å². The Morgan fingerprint density at radius 1 is 0.968 bits per heavy atom. The van der Waals surface area contributed by atoms with Gasteiger partial charge < -0.3 is 4.90 Å². The Kier molecular flexibility index (Phi) is 6.18. The second-order valence-corrected chi connectivity index (χ2v) is 8.31. The molecule has 0 aliphatic heterocycles. The number of hydrogen-bond donors (Lipinski definition) is 0. The summed E-state index contributed by atoms with van der Waals surface area (Å²) in [4.78, 5) is 32.3. The van der Waals surface area contributed by atoms with Gasteiger partial charge in [-0.2, -0.15) is 0 Å². The van der Waals surface area contributed by atoms with Gasteiger partial charge in [-0.1, -0.05) is 71.9 Å². The Balaban J connectivity index is 1.64. The molecule has 0 radical (unpaired) electrons. The fourth-order valence-corrected chi connectivity index (χ4v) is 4.20. The first-order valence-corrected chi connectivity index (χ1v) is 11.0. The van der Waals surface area contributed by atoms with Gasteiger partial charge in [0.1, 0.15) is 0 Å². The number of carbonyl (C=O) groups is 1. The van der Waals surface area contributed by atoms with Crippen molar-refractivity contribution < 1.29 is 4.79 Å². The number of fused-ring (bicyclic) bond motifs is 1. The van der Waals surface area contributed by atoms with Crippen LogP contribution in [0.1, 0.15) is 11.1 Å². The van der Waals surface area contributed by atoms with Gasteiger partial charge in [0.15, 0.2) is 5.16 Å². The van der Waals surface area contributed by atoms with E-state index in [1.807, 2.05) is 79.7 Å². The van der Waals surface area contributed by atoms with Gasteiger partial charge in [-0.05, 0) is 36.8 Å². The lowest BCUT2D eigenvalue weighted by Crippen LogP contribution is -2.29. The molecule has 1 aromatic heterocycles. The second kappa shape index (κ2) is 9.18. The first kappa shape index (κ1) is 20.9. The number of nitrogens with zero attached hydrogens (tertiary/aromatic N) is 3. The van der Waals surface area contributed by atoms with E-state index in [-0.39, 0.29) is 17.2 Å². The summed E-state index contributed by atoms with van der Waals surface area (Å²) in [6, 6.07) is 24.9. The van der Waals surface area contributed by atoms with Crippen LogP contribution >= 0.6 is 11.8 Å². The highest BCUT2D eigenvalue weighted by Gasteiger charge is 2.16. The summed E-state index contributed by atoms with van der Waals surface area (Å²) >= 11 is 1.29. The van der Waals surface area contributed by atoms with Crippen molar-refractivity contribution in [3.05, 3.63) is 100 Å². The van der Waals surface area contributed by atoms with Crippen molar-refractivity contribution in [2.24, 2.45) is 0 Å². The number of benzene rings is 3. The topological polar surface area (TPSA) is 55.2 Å². The lowest BCUT2D eigenvalue weighted by molar-refractivity contribution is -0.115. The summed E-state index contributed by atoms with van der Waals surface area (Å²) in [7, 11) is 1.76. The molecule has 0 N–H and O–H groups in total. The van der Waals surface area contributed by atoms with E-state index in [1.165, 1.54) is 11.8 Å². The first-order chi connectivity index (χ1) is 15.0. The predicted molar refractivity (Wildman–Crippen MR) is 127 cm³/mol. The van der Waals surface area contributed by atoms with E-state index in [1.54, 1.807) is 22.6 Å². The normalized spacial score (nSPS) is 10.9. The minimum absolute atomic E-state index is 0.0551. The van der Waals surface area contributed by atoms with E-state index in [4.69, 9.17) is 4.98 Å². The van der Waals surface area contributed by atoms with Gasteiger partial charge in [0.2, 0.25) is 5.91 Å². The molecule has 4 aromatic rings. The quantitative estimate of drug-likeness (QED) is 0.334. The molecule has 0 aliphatic rings. The Bertz CT molecular complexity index is 1270. The molecule has 156 valence electrons. The van der Waals surface area contributed by atoms with E-state index in [0.717, 1.165) is 16.8 Å². The van der Waals surface area contributed by atoms with Gasteiger partial charge in [0.05, 0.1) is 23.2 Å². The van der Waals surface area contributed by atoms with Crippen LogP contribution in [0.3, 0.4) is 0 Å². The average Bonchev–Trinajstić information content (AvgIpc) is 2.81. The Hall–Kier alpha value is -3.38. The van der Waals surface area contributed by atoms with Crippen LogP contribution in [0.25, 0.3) is 10.9 Å². The van der Waals surface area contributed by atoms with Crippen molar-refractivity contribution in [3.63, 3.8) is 0 Å². The maximum Gasteiger partial charge on any atom is 0.262 e. The van der Waals surface area contributed by atoms with E-state index in [0.29, 0.717) is 22.6 Å². The molecule has 4 rings (SSSR count). The van der Waals surface area contributed by atoms with Crippen LogP contribution in [0.15, 0.2) is 88.8 Å². The summed E-state index contributed by atoms with van der Waals surface area (Å²) in [6.07, 6.45) is 0. The van der Waals surface area contributed by atoms with Crippen LogP contribution in [0.2, 0.25) is 0 Å². The SMILES string of the molecule is Cc1ccc(Cn2c(SCC(=O)N(C)c3ccccc3)nc3ccccc3c2=O)cc1. The Morgan fingerprint density at radius 3 is 2.39 bits per heavy atom. The van der Waals surface area contributed by atoms with Crippen molar-refractivity contribution in [3.8, 4) is 0 Å². The number of rotatable bonds is 6. The Morgan fingerprint density at radius 2 is 1.65 bits per heavy atom. The zero-order valence-electron chi connectivity index (χ0n) is 17.5. The van der Waals surface area contributed by atoms with Gasteiger partial charge in [0.25, 0.3) is 5.56 Å². The van der Waals surface area contributed by atoms with Crippen molar-refractivity contribution in [1.29, 1.82) is 0 Å². The lowest BCUT2D eigenvalue weighted by Gasteiger charge is -2.18. The van der Waals surface area contributed by atoms with Crippen LogP contribution in [-0.2, 0) is 11.3 Å². The minimum atomic E-state index is -0.0995. The summed E-state index contributed by atoms with van der Waals surface area (Å²) in [5.41, 5.74) is 3.55. The third kappa shape index (κ3) is 4.70. The van der Waals surface area contributed by atoms with Gasteiger partial charge in [0, 0.05) is 12.7 Å². The maximum absolute atomic E-state index is 13.2. The number of anilines is 1. The molecule has 5 nitrogen and oxygen atoms in total. The summed E-state index contributed by atoms with van der Waals surface area (Å²) in [5, 5.41) is 1.12. The molecular formula is C25H23N3O2S. The highest BCUT2D eigenvalue weighted by atomic mass is 32.2. The summed E-state index contributed by atoms with van der Waals surface area (Å²) < 4.78 is 1.66. The lowest BCUT2D eigenvalue weighted by atomic mass is 10.1. The Labute approximate surface area is 185 Å². The van der Waals surface area contributed by atoms with E-state index in [9.17, 15) is 9.59 Å². The number of aryl methyl sites for hydroxylation is 1. The van der Waals surface area contributed by atoms with Crippen molar-refractivity contribution in [2.75, 3.05) is 17.7 Å². The zero-order chi connectivity index (χ0) is 21.8. The van der Waals surface area contributed by atoms with Crippen LogP contribution in [0, 0.1) is 6.92 Å². The average molecular weight is 430 g/mol. The van der Waals surface area contributed by atoms with Crippen LogP contribution < -0.4 is 10.5 Å². The zero-order valence-corrected chi connectivity index (χ0v) is 18.3. The molecule has 0 bridgehead atoms. The third-order valence-electron chi connectivity index (χ3n) is 5.13. The van der Waals surface area contributed by atoms with E-state index >= 15 is 0 Å². The molecule has 0 fully saturated rings. The monoisotopic (exact) mass is 429 g/mol. The number of carbonyl (C=O) groups excluding carboxylic acids is 1. The number of hydrogen-bond acceptors (Lipinski definition) is 4. The molecule has 31 heavy (non-hydrogen) atoms. The molecule has 0 atom stereocenters. The number of para-hydroxylation sites is 2. The fraction of sp³-hybridized carbons (Fsp3) is 0.160. The second-order valence-electron chi connectivity index (χ2n) is 7.37. The van der Waals surface area contributed by atoms with Crippen molar-refractivity contribution >= 4 is 34.3 Å². The van der Waals surface area contributed by atoms with E-state index < -0.39 is 0 Å². The van der Waals surface area contributed by atoms with Gasteiger partial charge >= 0.3 is 0 Å². The number of thioether (sulfide) groups is 1. The highest BCUT2D eigenvalue weighted by molar-refractivity contribution is 7.99. The molecule has 3 aromatic carbocycles. The molecule has 0 saturated heterocycles. The summed E-state index contributed by atoms with van der Waals surface area (Å²) in [6.45, 7) is 2.44. The van der Waals surface area contributed by atoms with Crippen molar-refractivity contribution in [2.45, 2.75) is 18.6 Å². The molecule has 0 spiro atoms. The van der Waals surface area contributed by atoms with Crippen LogP contribution in [0.5, 0.6) is 0 Å². The highest BCUT2D eigenvalue weighted by Crippen LogP contribution is 2.21. The minimum Gasteiger partial charge on any atom is -0.315 e. The van der Waals surface area contributed by atoms with Gasteiger partial charge in [-0.25, -0.2) is 4.98 Å². The van der Waals surface area contributed by atoms with Gasteiger partial charge in [-0.15, -0.1) is 0 Å². The maximum atomic E-state index is 13.2. The summed E-state index contributed by atoms with van der Waals surface area (Å²) in [5.74, 6) is 0.129. The molecule has 1 heterocycles. The molecule has 0 aliphatic carbocycles. The van der Waals surface area contributed by atoms with Crippen LogP contribution in [0.4, 0.5) is 5.69 Å². The number of aromatic nitrogens is 2. The fourth-order valence-electron chi connectivity index (χ4n) is 3.29. The first-order valence-electron chi connectivity index (χ1n) is 10.0. The molecular weight excluding hydrogens is 406 g/mol. The molecule has 1 amide bonds. The smallest absolute Gasteiger partial charge is 0.262 e. The number of amides is 1. The largest absolute Gasteiger partial charge is 0.315 e. The molecule has 6 heteroatoms. The van der Waals surface area contributed by atoms with Crippen LogP contribution in [-0.4, -0.2) is 28.3 Å². The molecule has 0 saturated carbocycles. The standard InChI is InChI=1S/C25H23N3O2S/c1-18-12-14-19(15-13-18)16-28-24(30)21-10-6-7-11-22(21)26-25(28)31-17-23(29)27(2)20-8-4-3-5-9-20/h3-15H,16-17H2,1-2H3. The molecule has 0 unspecified atom stereocenters. The van der Waals surface area contributed by atoms with Gasteiger partial charge in [-0.3, -0.25) is 14.2 Å².